The number of amides is 1. The van der Waals surface area contributed by atoms with Gasteiger partial charge in [0.25, 0.3) is 0 Å². The lowest BCUT2D eigenvalue weighted by molar-refractivity contribution is 0.0237. The van der Waals surface area contributed by atoms with Crippen LogP contribution in [0.4, 0.5) is 4.79 Å². The lowest BCUT2D eigenvalue weighted by Crippen LogP contribution is -2.36. The van der Waals surface area contributed by atoms with Crippen molar-refractivity contribution in [2.45, 2.75) is 51.1 Å². The lowest BCUT2D eigenvalue weighted by atomic mass is 10.0. The van der Waals surface area contributed by atoms with Crippen LogP contribution < -0.4 is 0 Å². The van der Waals surface area contributed by atoms with Crippen molar-refractivity contribution in [1.29, 1.82) is 0 Å². The van der Waals surface area contributed by atoms with E-state index in [1.165, 1.54) is 16.7 Å². The van der Waals surface area contributed by atoms with Crippen molar-refractivity contribution in [2.24, 2.45) is 0 Å². The minimum Gasteiger partial charge on any atom is -0.444 e. The summed E-state index contributed by atoms with van der Waals surface area (Å²) in [6.45, 7) is 7.11. The Kier molecular flexibility index (Phi) is 4.74. The van der Waals surface area contributed by atoms with Crippen molar-refractivity contribution >= 4 is 22.0 Å². The zero-order valence-electron chi connectivity index (χ0n) is 12.4. The summed E-state index contributed by atoms with van der Waals surface area (Å²) in [7, 11) is 0. The first-order chi connectivity index (χ1) is 9.39. The molecule has 1 heterocycles. The fraction of sp³-hybridized carbons (Fsp3) is 0.562. The molecule has 20 heavy (non-hydrogen) atoms. The van der Waals surface area contributed by atoms with E-state index in [0.29, 0.717) is 6.54 Å². The van der Waals surface area contributed by atoms with Crippen molar-refractivity contribution in [3.05, 3.63) is 34.9 Å². The summed E-state index contributed by atoms with van der Waals surface area (Å²) < 4.78 is 5.47. The molecule has 110 valence electrons. The van der Waals surface area contributed by atoms with Gasteiger partial charge < -0.3 is 9.64 Å². The first kappa shape index (κ1) is 15.4. The number of alkyl halides is 1. The van der Waals surface area contributed by atoms with Gasteiger partial charge in [0.05, 0.1) is 0 Å². The van der Waals surface area contributed by atoms with Crippen molar-refractivity contribution in [3.8, 4) is 0 Å². The highest BCUT2D eigenvalue weighted by molar-refractivity contribution is 9.08. The molecule has 3 nitrogen and oxygen atoms in total. The van der Waals surface area contributed by atoms with E-state index in [1.54, 1.807) is 0 Å². The molecule has 0 spiro atoms. The van der Waals surface area contributed by atoms with Gasteiger partial charge in [-0.15, -0.1) is 0 Å². The largest absolute Gasteiger partial charge is 0.444 e. The summed E-state index contributed by atoms with van der Waals surface area (Å²) in [5, 5.41) is 0.871. The van der Waals surface area contributed by atoms with E-state index in [1.807, 2.05) is 25.7 Å². The normalized spacial score (nSPS) is 15.5. The van der Waals surface area contributed by atoms with Crippen LogP contribution >= 0.6 is 15.9 Å². The topological polar surface area (TPSA) is 29.5 Å². The first-order valence-corrected chi connectivity index (χ1v) is 8.16. The molecule has 2 rings (SSSR count). The fourth-order valence-corrected chi connectivity index (χ4v) is 2.73. The summed E-state index contributed by atoms with van der Waals surface area (Å²) in [5.41, 5.74) is 3.44. The maximum absolute atomic E-state index is 12.2. The molecule has 0 saturated heterocycles. The highest BCUT2D eigenvalue weighted by Crippen LogP contribution is 2.22. The molecule has 1 aliphatic rings. The van der Waals surface area contributed by atoms with Gasteiger partial charge in [0.1, 0.15) is 5.60 Å². The minimum atomic E-state index is -0.438. The number of nitrogens with zero attached hydrogens (tertiary/aromatic N) is 1. The Balaban J connectivity index is 2.14. The number of hydrogen-bond donors (Lipinski definition) is 0. The average molecular weight is 340 g/mol. The molecule has 0 saturated carbocycles. The second kappa shape index (κ2) is 6.17. The third-order valence-electron chi connectivity index (χ3n) is 3.31. The van der Waals surface area contributed by atoms with Crippen molar-refractivity contribution < 1.29 is 9.53 Å². The van der Waals surface area contributed by atoms with Crippen molar-refractivity contribution in [2.75, 3.05) is 6.54 Å². The van der Waals surface area contributed by atoms with Crippen LogP contribution in [0.2, 0.25) is 0 Å². The third-order valence-corrected chi connectivity index (χ3v) is 3.96. The van der Waals surface area contributed by atoms with Crippen LogP contribution in [0.3, 0.4) is 0 Å². The third kappa shape index (κ3) is 3.98. The van der Waals surface area contributed by atoms with Gasteiger partial charge in [-0.05, 0) is 50.3 Å². The maximum atomic E-state index is 12.2. The fourth-order valence-electron chi connectivity index (χ4n) is 2.38. The maximum Gasteiger partial charge on any atom is 0.410 e. The molecule has 0 radical (unpaired) electrons. The van der Waals surface area contributed by atoms with Crippen LogP contribution in [0.5, 0.6) is 0 Å². The van der Waals surface area contributed by atoms with E-state index in [0.717, 1.165) is 24.7 Å². The number of benzene rings is 1. The van der Waals surface area contributed by atoms with Gasteiger partial charge in [0, 0.05) is 18.4 Å². The molecule has 0 unspecified atom stereocenters. The standard InChI is InChI=1S/C16H22BrNO2/c1-16(2,3)20-15(19)18-8-4-5-13-9-12(10-17)6-7-14(13)11-18/h6-7,9H,4-5,8,10-11H2,1-3H3. The predicted molar refractivity (Wildman–Crippen MR) is 84.0 cm³/mol. The summed E-state index contributed by atoms with van der Waals surface area (Å²) in [4.78, 5) is 14.0. The van der Waals surface area contributed by atoms with E-state index in [-0.39, 0.29) is 6.09 Å². The number of fused-ring (bicyclic) bond motifs is 1. The number of ether oxygens (including phenoxy) is 1. The quantitative estimate of drug-likeness (QED) is 0.715. The molecule has 1 aromatic carbocycles. The van der Waals surface area contributed by atoms with E-state index in [2.05, 4.69) is 34.1 Å². The number of rotatable bonds is 1. The highest BCUT2D eigenvalue weighted by atomic mass is 79.9. The Bertz CT molecular complexity index is 494. The van der Waals surface area contributed by atoms with E-state index < -0.39 is 5.60 Å². The smallest absolute Gasteiger partial charge is 0.410 e. The Morgan fingerprint density at radius 3 is 2.75 bits per heavy atom. The SMILES string of the molecule is CC(C)(C)OC(=O)N1CCCc2cc(CBr)ccc2C1. The van der Waals surface area contributed by atoms with Crippen LogP contribution in [-0.4, -0.2) is 23.1 Å². The number of carbonyl (C=O) groups is 1. The molecule has 1 amide bonds. The molecule has 0 N–H and O–H groups in total. The highest BCUT2D eigenvalue weighted by Gasteiger charge is 2.24. The molecule has 1 aromatic rings. The van der Waals surface area contributed by atoms with Gasteiger partial charge in [-0.2, -0.15) is 0 Å². The van der Waals surface area contributed by atoms with Crippen molar-refractivity contribution in [1.82, 2.24) is 4.90 Å². The lowest BCUT2D eigenvalue weighted by Gasteiger charge is -2.26. The second-order valence-electron chi connectivity index (χ2n) is 6.24. The van der Waals surface area contributed by atoms with E-state index in [9.17, 15) is 4.79 Å². The van der Waals surface area contributed by atoms with Crippen LogP contribution in [0, 0.1) is 0 Å². The number of halogens is 1. The zero-order valence-corrected chi connectivity index (χ0v) is 14.0. The molecule has 0 bridgehead atoms. The Hall–Kier alpha value is -1.03. The van der Waals surface area contributed by atoms with Crippen LogP contribution in [0.1, 0.15) is 43.9 Å². The summed E-state index contributed by atoms with van der Waals surface area (Å²) in [6.07, 6.45) is 1.79. The van der Waals surface area contributed by atoms with Gasteiger partial charge in [0.2, 0.25) is 0 Å². The van der Waals surface area contributed by atoms with Gasteiger partial charge in [-0.25, -0.2) is 4.79 Å². The van der Waals surface area contributed by atoms with E-state index in [4.69, 9.17) is 4.74 Å². The monoisotopic (exact) mass is 339 g/mol. The first-order valence-electron chi connectivity index (χ1n) is 7.03. The zero-order chi connectivity index (χ0) is 14.8. The second-order valence-corrected chi connectivity index (χ2v) is 6.80. The van der Waals surface area contributed by atoms with Crippen LogP contribution in [0.25, 0.3) is 0 Å². The number of hydrogen-bond acceptors (Lipinski definition) is 2. The number of aryl methyl sites for hydroxylation is 1. The number of carbonyl (C=O) groups excluding carboxylic acids is 1. The predicted octanol–water partition coefficient (Wildman–Crippen LogP) is 4.26. The van der Waals surface area contributed by atoms with E-state index >= 15 is 0 Å². The molecular formula is C16H22BrNO2. The molecular weight excluding hydrogens is 318 g/mol. The summed E-state index contributed by atoms with van der Waals surface area (Å²) >= 11 is 3.49. The average Bonchev–Trinajstić information content (AvgIpc) is 2.57. The van der Waals surface area contributed by atoms with Gasteiger partial charge in [0.15, 0.2) is 0 Å². The molecule has 0 fully saturated rings. The molecule has 0 aliphatic carbocycles. The van der Waals surface area contributed by atoms with Gasteiger partial charge in [-0.1, -0.05) is 34.1 Å². The molecule has 4 heteroatoms. The van der Waals surface area contributed by atoms with Crippen molar-refractivity contribution in [3.63, 3.8) is 0 Å². The Labute approximate surface area is 129 Å². The molecule has 0 atom stereocenters. The van der Waals surface area contributed by atoms with Crippen LogP contribution in [-0.2, 0) is 23.0 Å². The van der Waals surface area contributed by atoms with Gasteiger partial charge in [-0.3, -0.25) is 0 Å². The van der Waals surface area contributed by atoms with Gasteiger partial charge >= 0.3 is 6.09 Å². The summed E-state index contributed by atoms with van der Waals surface area (Å²) in [6, 6.07) is 6.49. The molecule has 0 aromatic heterocycles. The minimum absolute atomic E-state index is 0.213. The Morgan fingerprint density at radius 2 is 2.10 bits per heavy atom. The summed E-state index contributed by atoms with van der Waals surface area (Å²) in [5.74, 6) is 0. The molecule has 1 aliphatic heterocycles. The Morgan fingerprint density at radius 1 is 1.35 bits per heavy atom. The van der Waals surface area contributed by atoms with Crippen LogP contribution in [0.15, 0.2) is 18.2 Å².